The highest BCUT2D eigenvalue weighted by Gasteiger charge is 2.31. The van der Waals surface area contributed by atoms with Crippen molar-refractivity contribution >= 4 is 0 Å². The predicted octanol–water partition coefficient (Wildman–Crippen LogP) is 18.1. The van der Waals surface area contributed by atoms with E-state index in [0.717, 1.165) is 0 Å². The Bertz CT molecular complexity index is 2290. The van der Waals surface area contributed by atoms with Gasteiger partial charge in [0.25, 0.3) is 0 Å². The van der Waals surface area contributed by atoms with Crippen LogP contribution in [-0.2, 0) is 37.9 Å². The summed E-state index contributed by atoms with van der Waals surface area (Å²) in [6, 6.07) is 32.0. The van der Waals surface area contributed by atoms with E-state index >= 15 is 0 Å². The lowest BCUT2D eigenvalue weighted by atomic mass is 9.72. The van der Waals surface area contributed by atoms with Gasteiger partial charge in [0.05, 0.1) is 0 Å². The molecule has 0 spiro atoms. The van der Waals surface area contributed by atoms with Crippen LogP contribution < -0.4 is 0 Å². The SMILES string of the molecule is Cc1c(-c2cccc(C(C)(C)C)c2)c(-c2cc(C(C)(C)C)cc(C(C)(C)C)c2)c(C)c(-c2cc(C(C)(C)C)cc(C(C)(C)C)c2)c1-c1cc(C(C)(C)C)cc(C(C)(C)C)c1. The minimum Gasteiger partial charge on any atom is -0.0614 e. The second kappa shape index (κ2) is 15.5. The van der Waals surface area contributed by atoms with Crippen LogP contribution in [0.3, 0.4) is 0 Å². The molecule has 0 fully saturated rings. The molecular weight excluding hydrogens is 721 g/mol. The molecule has 0 unspecified atom stereocenters. The van der Waals surface area contributed by atoms with E-state index in [1.165, 1.54) is 94.6 Å². The fourth-order valence-corrected chi connectivity index (χ4v) is 8.50. The molecule has 0 atom stereocenters. The minimum atomic E-state index is -0.0243. The first-order valence-electron chi connectivity index (χ1n) is 22.8. The number of rotatable bonds is 4. The van der Waals surface area contributed by atoms with E-state index in [1.807, 2.05) is 0 Å². The first kappa shape index (κ1) is 47.2. The third-order valence-electron chi connectivity index (χ3n) is 12.9. The number of hydrogen-bond acceptors (Lipinski definition) is 0. The van der Waals surface area contributed by atoms with Crippen LogP contribution >= 0.6 is 0 Å². The molecule has 0 aliphatic heterocycles. The van der Waals surface area contributed by atoms with Crippen molar-refractivity contribution in [3.63, 3.8) is 0 Å². The molecule has 5 aromatic rings. The summed E-state index contributed by atoms with van der Waals surface area (Å²) in [5.41, 5.74) is 22.7. The molecule has 0 bridgehead atoms. The van der Waals surface area contributed by atoms with Gasteiger partial charge in [-0.05, 0) is 146 Å². The normalized spacial score (nSPS) is 13.6. The van der Waals surface area contributed by atoms with Gasteiger partial charge in [-0.2, -0.15) is 0 Å². The molecule has 0 nitrogen and oxygen atoms in total. The zero-order chi connectivity index (χ0) is 45.5. The Hall–Kier alpha value is -3.90. The smallest absolute Gasteiger partial charge is 0.00666 e. The third kappa shape index (κ3) is 9.90. The van der Waals surface area contributed by atoms with Crippen LogP contribution in [0.15, 0.2) is 78.9 Å². The van der Waals surface area contributed by atoms with Crippen molar-refractivity contribution in [2.75, 3.05) is 0 Å². The molecule has 0 N–H and O–H groups in total. The molecule has 0 heterocycles. The van der Waals surface area contributed by atoms with Gasteiger partial charge in [-0.1, -0.05) is 224 Å². The predicted molar refractivity (Wildman–Crippen MR) is 269 cm³/mol. The quantitative estimate of drug-likeness (QED) is 0.170. The van der Waals surface area contributed by atoms with E-state index in [4.69, 9.17) is 0 Å². The Balaban J connectivity index is 2.19. The van der Waals surface area contributed by atoms with Crippen LogP contribution in [0.2, 0.25) is 0 Å². The van der Waals surface area contributed by atoms with E-state index in [2.05, 4.69) is 238 Å². The minimum absolute atomic E-state index is 0.00680. The summed E-state index contributed by atoms with van der Waals surface area (Å²) in [4.78, 5) is 0. The molecule has 0 heteroatoms. The Morgan fingerprint density at radius 3 is 0.650 bits per heavy atom. The maximum Gasteiger partial charge on any atom is -0.00666 e. The molecule has 322 valence electrons. The molecule has 0 amide bonds. The highest BCUT2D eigenvalue weighted by Crippen LogP contribution is 2.51. The standard InChI is InChI=1S/C60H82/c1-37-50(39-25-24-26-43(27-39)54(3,4)5)51(40-28-44(55(6,7)8)34-45(29-40)56(9,10)11)38(2)53(42-32-48(59(18,19)20)36-49(33-42)60(21,22)23)52(37)41-30-46(57(12,13)14)35-47(31-41)58(15,16)17/h24-36H,1-23H3. The Kier molecular flexibility index (Phi) is 12.2. The lowest BCUT2D eigenvalue weighted by molar-refractivity contribution is 0.568. The van der Waals surface area contributed by atoms with Crippen LogP contribution in [0.25, 0.3) is 44.5 Å². The van der Waals surface area contributed by atoms with Crippen LogP contribution in [0.5, 0.6) is 0 Å². The van der Waals surface area contributed by atoms with Crippen molar-refractivity contribution < 1.29 is 0 Å². The zero-order valence-electron chi connectivity index (χ0n) is 42.5. The molecule has 0 saturated heterocycles. The summed E-state index contributed by atoms with van der Waals surface area (Å²) in [5, 5.41) is 0. The molecule has 5 aromatic carbocycles. The summed E-state index contributed by atoms with van der Waals surface area (Å²) in [6.07, 6.45) is 0. The van der Waals surface area contributed by atoms with E-state index in [-0.39, 0.29) is 37.9 Å². The Morgan fingerprint density at radius 2 is 0.433 bits per heavy atom. The van der Waals surface area contributed by atoms with Crippen molar-refractivity contribution in [1.29, 1.82) is 0 Å². The van der Waals surface area contributed by atoms with Gasteiger partial charge < -0.3 is 0 Å². The first-order chi connectivity index (χ1) is 27.0. The first-order valence-corrected chi connectivity index (χ1v) is 22.8. The van der Waals surface area contributed by atoms with Crippen molar-refractivity contribution in [3.8, 4) is 44.5 Å². The molecule has 0 aromatic heterocycles. The van der Waals surface area contributed by atoms with Crippen molar-refractivity contribution in [2.45, 2.75) is 197 Å². The van der Waals surface area contributed by atoms with Gasteiger partial charge in [0.15, 0.2) is 0 Å². The van der Waals surface area contributed by atoms with Gasteiger partial charge in [-0.15, -0.1) is 0 Å². The van der Waals surface area contributed by atoms with Crippen LogP contribution in [0, 0.1) is 13.8 Å². The monoisotopic (exact) mass is 803 g/mol. The van der Waals surface area contributed by atoms with Crippen LogP contribution in [0.4, 0.5) is 0 Å². The molecule has 5 rings (SSSR count). The lowest BCUT2D eigenvalue weighted by Crippen LogP contribution is -2.18. The summed E-state index contributed by atoms with van der Waals surface area (Å²) in [6.45, 7) is 54.4. The highest BCUT2D eigenvalue weighted by molar-refractivity contribution is 6.01. The lowest BCUT2D eigenvalue weighted by Gasteiger charge is -2.32. The van der Waals surface area contributed by atoms with E-state index in [0.29, 0.717) is 0 Å². The maximum absolute atomic E-state index is 2.52. The van der Waals surface area contributed by atoms with Gasteiger partial charge in [-0.25, -0.2) is 0 Å². The van der Waals surface area contributed by atoms with Crippen molar-refractivity contribution in [3.05, 3.63) is 129 Å². The molecule has 0 saturated carbocycles. The largest absolute Gasteiger partial charge is 0.0614 e. The second-order valence-corrected chi connectivity index (χ2v) is 25.5. The summed E-state index contributed by atoms with van der Waals surface area (Å²) < 4.78 is 0. The second-order valence-electron chi connectivity index (χ2n) is 25.5. The maximum atomic E-state index is 2.52. The zero-order valence-corrected chi connectivity index (χ0v) is 42.5. The molecular formula is C60H82. The van der Waals surface area contributed by atoms with Crippen LogP contribution in [0.1, 0.15) is 195 Å². The molecule has 0 aliphatic rings. The van der Waals surface area contributed by atoms with Crippen molar-refractivity contribution in [2.24, 2.45) is 0 Å². The summed E-state index contributed by atoms with van der Waals surface area (Å²) in [5.74, 6) is 0. The van der Waals surface area contributed by atoms with E-state index in [1.54, 1.807) is 0 Å². The van der Waals surface area contributed by atoms with Gasteiger partial charge in [0, 0.05) is 0 Å². The average molecular weight is 803 g/mol. The average Bonchev–Trinajstić information content (AvgIpc) is 3.09. The van der Waals surface area contributed by atoms with Crippen LogP contribution in [-0.4, -0.2) is 0 Å². The highest BCUT2D eigenvalue weighted by atomic mass is 14.3. The number of hydrogen-bond donors (Lipinski definition) is 0. The van der Waals surface area contributed by atoms with Gasteiger partial charge >= 0.3 is 0 Å². The molecule has 0 aliphatic carbocycles. The third-order valence-corrected chi connectivity index (χ3v) is 12.9. The van der Waals surface area contributed by atoms with E-state index < -0.39 is 0 Å². The fraction of sp³-hybridized carbons (Fsp3) is 0.500. The Labute approximate surface area is 369 Å². The molecule has 0 radical (unpaired) electrons. The van der Waals surface area contributed by atoms with Crippen molar-refractivity contribution in [1.82, 2.24) is 0 Å². The van der Waals surface area contributed by atoms with Gasteiger partial charge in [0.1, 0.15) is 0 Å². The van der Waals surface area contributed by atoms with Gasteiger partial charge in [-0.3, -0.25) is 0 Å². The van der Waals surface area contributed by atoms with Gasteiger partial charge in [0.2, 0.25) is 0 Å². The van der Waals surface area contributed by atoms with E-state index in [9.17, 15) is 0 Å². The molecule has 60 heavy (non-hydrogen) atoms. The summed E-state index contributed by atoms with van der Waals surface area (Å²) in [7, 11) is 0. The topological polar surface area (TPSA) is 0 Å². The number of benzene rings is 5. The fourth-order valence-electron chi connectivity index (χ4n) is 8.50. The summed E-state index contributed by atoms with van der Waals surface area (Å²) >= 11 is 0. The Morgan fingerprint density at radius 1 is 0.233 bits per heavy atom.